The summed E-state index contributed by atoms with van der Waals surface area (Å²) in [7, 11) is 0. The molecule has 2 rings (SSSR count). The monoisotopic (exact) mass is 247 g/mol. The number of primary amides is 1. The Morgan fingerprint density at radius 2 is 1.94 bits per heavy atom. The number of nitrogens with two attached hydrogens (primary N) is 2. The van der Waals surface area contributed by atoms with E-state index in [4.69, 9.17) is 11.5 Å². The number of non-ortho nitro benzene ring substituents is 1. The summed E-state index contributed by atoms with van der Waals surface area (Å²) in [6, 6.07) is 5.65. The number of carbonyl (C=O) groups is 1. The molecule has 0 aliphatic heterocycles. The molecule has 1 aromatic carbocycles. The number of rotatable bonds is 3. The number of nitrogens with zero attached hydrogens (tertiary/aromatic N) is 3. The van der Waals surface area contributed by atoms with E-state index in [2.05, 4.69) is 5.10 Å². The molecule has 8 heteroatoms. The second-order valence-electron chi connectivity index (χ2n) is 3.51. The van der Waals surface area contributed by atoms with E-state index in [0.717, 1.165) is 0 Å². The normalized spacial score (nSPS) is 10.2. The molecule has 0 spiro atoms. The Balaban J connectivity index is 2.40. The average Bonchev–Trinajstić information content (AvgIpc) is 2.71. The highest BCUT2D eigenvalue weighted by atomic mass is 16.6. The van der Waals surface area contributed by atoms with Gasteiger partial charge in [0.25, 0.3) is 11.6 Å². The maximum absolute atomic E-state index is 11.0. The van der Waals surface area contributed by atoms with Crippen molar-refractivity contribution >= 4 is 17.4 Å². The third-order valence-electron chi connectivity index (χ3n) is 2.33. The number of benzene rings is 1. The van der Waals surface area contributed by atoms with E-state index in [1.54, 1.807) is 0 Å². The van der Waals surface area contributed by atoms with Gasteiger partial charge in [0.05, 0.1) is 10.6 Å². The van der Waals surface area contributed by atoms with E-state index in [-0.39, 0.29) is 17.1 Å². The third kappa shape index (κ3) is 1.98. The van der Waals surface area contributed by atoms with Crippen LogP contribution in [-0.4, -0.2) is 20.6 Å². The Morgan fingerprint density at radius 3 is 2.39 bits per heavy atom. The number of nitro groups is 1. The van der Waals surface area contributed by atoms with Crippen LogP contribution in [0.1, 0.15) is 10.4 Å². The first-order valence-electron chi connectivity index (χ1n) is 4.89. The summed E-state index contributed by atoms with van der Waals surface area (Å²) in [5.74, 6) is -0.665. The van der Waals surface area contributed by atoms with Crippen molar-refractivity contribution in [1.82, 2.24) is 9.78 Å². The number of nitrogen functional groups attached to an aromatic ring is 1. The topological polar surface area (TPSA) is 130 Å². The number of aromatic nitrogens is 2. The predicted molar refractivity (Wildman–Crippen MR) is 63.1 cm³/mol. The van der Waals surface area contributed by atoms with Crippen molar-refractivity contribution in [3.63, 3.8) is 0 Å². The van der Waals surface area contributed by atoms with Crippen molar-refractivity contribution in [2.45, 2.75) is 0 Å². The maximum atomic E-state index is 11.0. The Bertz CT molecular complexity index is 617. The second-order valence-corrected chi connectivity index (χ2v) is 3.51. The first-order chi connectivity index (χ1) is 8.49. The maximum Gasteiger partial charge on any atom is 0.269 e. The Morgan fingerprint density at radius 1 is 1.33 bits per heavy atom. The fourth-order valence-corrected chi connectivity index (χ4v) is 1.44. The van der Waals surface area contributed by atoms with Gasteiger partial charge < -0.3 is 11.5 Å². The summed E-state index contributed by atoms with van der Waals surface area (Å²) in [4.78, 5) is 21.0. The molecule has 0 fully saturated rings. The molecule has 0 atom stereocenters. The van der Waals surface area contributed by atoms with Crippen LogP contribution in [0, 0.1) is 10.1 Å². The van der Waals surface area contributed by atoms with Crippen LogP contribution in [0.2, 0.25) is 0 Å². The van der Waals surface area contributed by atoms with Crippen LogP contribution < -0.4 is 11.5 Å². The minimum Gasteiger partial charge on any atom is -0.382 e. The summed E-state index contributed by atoms with van der Waals surface area (Å²) in [6.45, 7) is 0. The first-order valence-corrected chi connectivity index (χ1v) is 4.89. The van der Waals surface area contributed by atoms with E-state index in [9.17, 15) is 14.9 Å². The van der Waals surface area contributed by atoms with Gasteiger partial charge in [0.2, 0.25) is 0 Å². The number of anilines is 1. The zero-order chi connectivity index (χ0) is 13.3. The van der Waals surface area contributed by atoms with Gasteiger partial charge in [-0.3, -0.25) is 14.9 Å². The van der Waals surface area contributed by atoms with Gasteiger partial charge in [-0.1, -0.05) is 0 Å². The second kappa shape index (κ2) is 4.17. The summed E-state index contributed by atoms with van der Waals surface area (Å²) < 4.78 is 1.33. The van der Waals surface area contributed by atoms with Crippen LogP contribution >= 0.6 is 0 Å². The summed E-state index contributed by atoms with van der Waals surface area (Å²) in [5.41, 5.74) is 11.2. The van der Waals surface area contributed by atoms with Gasteiger partial charge in [-0.15, -0.1) is 5.10 Å². The van der Waals surface area contributed by atoms with Gasteiger partial charge in [0.15, 0.2) is 5.82 Å². The molecule has 18 heavy (non-hydrogen) atoms. The molecule has 92 valence electrons. The van der Waals surface area contributed by atoms with Crippen LogP contribution in [0.3, 0.4) is 0 Å². The Kier molecular flexibility index (Phi) is 2.68. The molecule has 2 aromatic rings. The zero-order valence-electron chi connectivity index (χ0n) is 9.11. The zero-order valence-corrected chi connectivity index (χ0v) is 9.11. The van der Waals surface area contributed by atoms with Crippen LogP contribution in [0.25, 0.3) is 5.69 Å². The van der Waals surface area contributed by atoms with Crippen molar-refractivity contribution in [1.29, 1.82) is 0 Å². The molecular formula is C10H9N5O3. The average molecular weight is 247 g/mol. The summed E-state index contributed by atoms with van der Waals surface area (Å²) in [6.07, 6.45) is 1.37. The minimum atomic E-state index is -0.680. The number of nitro benzene ring substituents is 1. The first kappa shape index (κ1) is 11.6. The number of carbonyl (C=O) groups excluding carboxylic acids is 1. The minimum absolute atomic E-state index is 0.0147. The number of amides is 1. The fourth-order valence-electron chi connectivity index (χ4n) is 1.44. The largest absolute Gasteiger partial charge is 0.382 e. The molecule has 8 nitrogen and oxygen atoms in total. The van der Waals surface area contributed by atoms with Crippen molar-refractivity contribution < 1.29 is 9.72 Å². The molecule has 0 saturated carbocycles. The third-order valence-corrected chi connectivity index (χ3v) is 2.33. The van der Waals surface area contributed by atoms with Crippen LogP contribution in [0.4, 0.5) is 11.5 Å². The van der Waals surface area contributed by atoms with Gasteiger partial charge in [0.1, 0.15) is 5.56 Å². The Labute approximate surface area is 101 Å². The molecule has 0 aliphatic carbocycles. The highest BCUT2D eigenvalue weighted by molar-refractivity contribution is 5.96. The molecular weight excluding hydrogens is 238 g/mol. The molecule has 0 unspecified atom stereocenters. The Hall–Kier alpha value is -2.90. The van der Waals surface area contributed by atoms with E-state index in [1.807, 2.05) is 0 Å². The van der Waals surface area contributed by atoms with Crippen molar-refractivity contribution in [2.24, 2.45) is 5.73 Å². The summed E-state index contributed by atoms with van der Waals surface area (Å²) in [5, 5.41) is 14.4. The molecule has 0 radical (unpaired) electrons. The highest BCUT2D eigenvalue weighted by Crippen LogP contribution is 2.17. The van der Waals surface area contributed by atoms with Crippen molar-refractivity contribution in [3.05, 3.63) is 46.1 Å². The van der Waals surface area contributed by atoms with E-state index in [1.165, 1.54) is 35.1 Å². The molecule has 4 N–H and O–H groups in total. The SMILES string of the molecule is NC(=O)c1cn(-c2ccc([N+](=O)[O-])cc2)nc1N. The molecule has 1 amide bonds. The molecule has 0 bridgehead atoms. The standard InChI is InChI=1S/C10H9N5O3/c11-9-8(10(12)16)5-14(13-9)6-1-3-7(4-2-6)15(17)18/h1-5H,(H2,11,13)(H2,12,16). The van der Waals surface area contributed by atoms with Gasteiger partial charge in [-0.25, -0.2) is 4.68 Å². The van der Waals surface area contributed by atoms with E-state index < -0.39 is 10.8 Å². The number of hydrogen-bond acceptors (Lipinski definition) is 5. The van der Waals surface area contributed by atoms with E-state index >= 15 is 0 Å². The molecule has 1 aromatic heterocycles. The predicted octanol–water partition coefficient (Wildman–Crippen LogP) is 0.462. The lowest BCUT2D eigenvalue weighted by Gasteiger charge is -1.99. The van der Waals surface area contributed by atoms with Crippen molar-refractivity contribution in [2.75, 3.05) is 5.73 Å². The number of hydrogen-bond donors (Lipinski definition) is 2. The lowest BCUT2D eigenvalue weighted by atomic mass is 10.3. The lowest BCUT2D eigenvalue weighted by Crippen LogP contribution is -2.11. The molecule has 0 saturated heterocycles. The quantitative estimate of drug-likeness (QED) is 0.601. The summed E-state index contributed by atoms with van der Waals surface area (Å²) >= 11 is 0. The lowest BCUT2D eigenvalue weighted by molar-refractivity contribution is -0.384. The smallest absolute Gasteiger partial charge is 0.269 e. The van der Waals surface area contributed by atoms with Gasteiger partial charge >= 0.3 is 0 Å². The van der Waals surface area contributed by atoms with Crippen LogP contribution in [0.5, 0.6) is 0 Å². The van der Waals surface area contributed by atoms with Gasteiger partial charge in [0, 0.05) is 18.3 Å². The van der Waals surface area contributed by atoms with Crippen LogP contribution in [-0.2, 0) is 0 Å². The van der Waals surface area contributed by atoms with Crippen LogP contribution in [0.15, 0.2) is 30.5 Å². The molecule has 1 heterocycles. The molecule has 0 aliphatic rings. The van der Waals surface area contributed by atoms with Gasteiger partial charge in [-0.2, -0.15) is 0 Å². The van der Waals surface area contributed by atoms with Gasteiger partial charge in [-0.05, 0) is 12.1 Å². The fraction of sp³-hybridized carbons (Fsp3) is 0. The van der Waals surface area contributed by atoms with E-state index in [0.29, 0.717) is 5.69 Å². The highest BCUT2D eigenvalue weighted by Gasteiger charge is 2.12. The van der Waals surface area contributed by atoms with Crippen molar-refractivity contribution in [3.8, 4) is 5.69 Å².